The van der Waals surface area contributed by atoms with Crippen LogP contribution in [0.25, 0.3) is 0 Å². The van der Waals surface area contributed by atoms with E-state index in [9.17, 15) is 0 Å². The van der Waals surface area contributed by atoms with Crippen molar-refractivity contribution in [2.24, 2.45) is 0 Å². The van der Waals surface area contributed by atoms with Crippen LogP contribution in [0.3, 0.4) is 0 Å². The number of hydrogen-bond acceptors (Lipinski definition) is 3. The fourth-order valence-electron chi connectivity index (χ4n) is 1.58. The molecule has 0 aliphatic carbocycles. The zero-order valence-corrected chi connectivity index (χ0v) is 9.43. The Morgan fingerprint density at radius 3 is 3.06 bits per heavy atom. The Morgan fingerprint density at radius 1 is 1.38 bits per heavy atom. The SMILES string of the molecule is CCCn1ccnc1NCc1cccnc1. The first-order valence-corrected chi connectivity index (χ1v) is 5.54. The van der Waals surface area contributed by atoms with E-state index in [4.69, 9.17) is 0 Å². The van der Waals surface area contributed by atoms with Crippen molar-refractivity contribution in [1.29, 1.82) is 0 Å². The molecule has 0 unspecified atom stereocenters. The van der Waals surface area contributed by atoms with Crippen molar-refractivity contribution in [3.8, 4) is 0 Å². The second kappa shape index (κ2) is 5.30. The summed E-state index contributed by atoms with van der Waals surface area (Å²) in [6.07, 6.45) is 8.57. The molecule has 0 fully saturated rings. The minimum atomic E-state index is 0.758. The molecule has 4 nitrogen and oxygen atoms in total. The summed E-state index contributed by atoms with van der Waals surface area (Å²) in [6.45, 7) is 3.91. The van der Waals surface area contributed by atoms with E-state index >= 15 is 0 Å². The summed E-state index contributed by atoms with van der Waals surface area (Å²) in [4.78, 5) is 8.36. The molecule has 0 bridgehead atoms. The van der Waals surface area contributed by atoms with Crippen LogP contribution in [0.2, 0.25) is 0 Å². The summed E-state index contributed by atoms with van der Waals surface area (Å²) >= 11 is 0. The fourth-order valence-corrected chi connectivity index (χ4v) is 1.58. The molecule has 4 heteroatoms. The molecule has 0 aliphatic heterocycles. The van der Waals surface area contributed by atoms with Gasteiger partial charge in [-0.3, -0.25) is 4.98 Å². The molecule has 0 spiro atoms. The van der Waals surface area contributed by atoms with Gasteiger partial charge < -0.3 is 9.88 Å². The van der Waals surface area contributed by atoms with Crippen LogP contribution in [0.15, 0.2) is 36.9 Å². The number of hydrogen-bond donors (Lipinski definition) is 1. The molecule has 1 N–H and O–H groups in total. The molecule has 2 heterocycles. The highest BCUT2D eigenvalue weighted by atomic mass is 15.2. The van der Waals surface area contributed by atoms with Gasteiger partial charge in [0, 0.05) is 37.9 Å². The Morgan fingerprint density at radius 2 is 2.31 bits per heavy atom. The number of nitrogens with one attached hydrogen (secondary N) is 1. The molecule has 0 atom stereocenters. The summed E-state index contributed by atoms with van der Waals surface area (Å²) in [7, 11) is 0. The van der Waals surface area contributed by atoms with Crippen LogP contribution in [0.1, 0.15) is 18.9 Å². The second-order valence-electron chi connectivity index (χ2n) is 3.66. The van der Waals surface area contributed by atoms with Gasteiger partial charge in [0.2, 0.25) is 5.95 Å². The van der Waals surface area contributed by atoms with E-state index in [0.29, 0.717) is 0 Å². The lowest BCUT2D eigenvalue weighted by Crippen LogP contribution is -2.07. The minimum Gasteiger partial charge on any atom is -0.352 e. The first-order chi connectivity index (χ1) is 7.90. The lowest BCUT2D eigenvalue weighted by atomic mass is 10.3. The number of rotatable bonds is 5. The van der Waals surface area contributed by atoms with Crippen molar-refractivity contribution in [2.75, 3.05) is 5.32 Å². The maximum absolute atomic E-state index is 4.28. The molecule has 0 aliphatic rings. The number of aromatic nitrogens is 3. The first kappa shape index (κ1) is 10.7. The third kappa shape index (κ3) is 2.59. The summed E-state index contributed by atoms with van der Waals surface area (Å²) < 4.78 is 2.12. The van der Waals surface area contributed by atoms with Crippen molar-refractivity contribution in [2.45, 2.75) is 26.4 Å². The second-order valence-corrected chi connectivity index (χ2v) is 3.66. The topological polar surface area (TPSA) is 42.7 Å². The molecule has 2 aromatic rings. The summed E-state index contributed by atoms with van der Waals surface area (Å²) in [5.41, 5.74) is 1.16. The average molecular weight is 216 g/mol. The van der Waals surface area contributed by atoms with Crippen molar-refractivity contribution in [3.63, 3.8) is 0 Å². The molecule has 0 saturated carbocycles. The molecule has 84 valence electrons. The summed E-state index contributed by atoms with van der Waals surface area (Å²) in [5, 5.41) is 3.31. The molecular weight excluding hydrogens is 200 g/mol. The van der Waals surface area contributed by atoms with Gasteiger partial charge in [-0.15, -0.1) is 0 Å². The van der Waals surface area contributed by atoms with E-state index in [1.807, 2.05) is 30.7 Å². The largest absolute Gasteiger partial charge is 0.352 e. The van der Waals surface area contributed by atoms with Crippen molar-refractivity contribution in [3.05, 3.63) is 42.5 Å². The highest BCUT2D eigenvalue weighted by Crippen LogP contribution is 2.07. The Bertz CT molecular complexity index is 422. The van der Waals surface area contributed by atoms with Crippen LogP contribution in [0, 0.1) is 0 Å². The molecule has 0 amide bonds. The monoisotopic (exact) mass is 216 g/mol. The van der Waals surface area contributed by atoms with Gasteiger partial charge in [0.05, 0.1) is 0 Å². The van der Waals surface area contributed by atoms with Gasteiger partial charge in [0.15, 0.2) is 0 Å². The van der Waals surface area contributed by atoms with E-state index in [-0.39, 0.29) is 0 Å². The Hall–Kier alpha value is -1.84. The molecule has 0 radical (unpaired) electrons. The molecular formula is C12H16N4. The van der Waals surface area contributed by atoms with E-state index < -0.39 is 0 Å². The normalized spacial score (nSPS) is 10.3. The van der Waals surface area contributed by atoms with Gasteiger partial charge in [-0.25, -0.2) is 4.98 Å². The Labute approximate surface area is 95.4 Å². The van der Waals surface area contributed by atoms with E-state index in [0.717, 1.165) is 31.0 Å². The quantitative estimate of drug-likeness (QED) is 0.834. The predicted molar refractivity (Wildman–Crippen MR) is 64.1 cm³/mol. The van der Waals surface area contributed by atoms with Gasteiger partial charge in [-0.2, -0.15) is 0 Å². The van der Waals surface area contributed by atoms with Crippen molar-refractivity contribution < 1.29 is 0 Å². The maximum atomic E-state index is 4.28. The van der Waals surface area contributed by atoms with E-state index in [1.165, 1.54) is 0 Å². The number of imidazole rings is 1. The molecule has 0 saturated heterocycles. The van der Waals surface area contributed by atoms with Crippen molar-refractivity contribution >= 4 is 5.95 Å². The molecule has 2 rings (SSSR count). The van der Waals surface area contributed by atoms with Crippen molar-refractivity contribution in [1.82, 2.24) is 14.5 Å². The maximum Gasteiger partial charge on any atom is 0.203 e. The highest BCUT2D eigenvalue weighted by molar-refractivity contribution is 5.27. The van der Waals surface area contributed by atoms with Crippen LogP contribution < -0.4 is 5.32 Å². The lowest BCUT2D eigenvalue weighted by molar-refractivity contribution is 0.682. The lowest BCUT2D eigenvalue weighted by Gasteiger charge is -2.08. The van der Waals surface area contributed by atoms with Crippen LogP contribution in [0.4, 0.5) is 5.95 Å². The number of pyridine rings is 1. The zero-order chi connectivity index (χ0) is 11.2. The Kier molecular flexibility index (Phi) is 3.53. The zero-order valence-electron chi connectivity index (χ0n) is 9.43. The molecule has 16 heavy (non-hydrogen) atoms. The third-order valence-electron chi connectivity index (χ3n) is 2.35. The fraction of sp³-hybridized carbons (Fsp3) is 0.333. The van der Waals surface area contributed by atoms with Crippen LogP contribution in [-0.2, 0) is 13.1 Å². The summed E-state index contributed by atoms with van der Waals surface area (Å²) in [5.74, 6) is 0.922. The Balaban J connectivity index is 1.97. The number of nitrogens with zero attached hydrogens (tertiary/aromatic N) is 3. The van der Waals surface area contributed by atoms with Gasteiger partial charge in [-0.1, -0.05) is 13.0 Å². The van der Waals surface area contributed by atoms with Gasteiger partial charge in [-0.05, 0) is 18.1 Å². The highest BCUT2D eigenvalue weighted by Gasteiger charge is 2.00. The van der Waals surface area contributed by atoms with Gasteiger partial charge >= 0.3 is 0 Å². The van der Waals surface area contributed by atoms with Gasteiger partial charge in [0.1, 0.15) is 0 Å². The first-order valence-electron chi connectivity index (χ1n) is 5.54. The minimum absolute atomic E-state index is 0.758. The molecule has 2 aromatic heterocycles. The smallest absolute Gasteiger partial charge is 0.203 e. The standard InChI is InChI=1S/C12H16N4/c1-2-7-16-8-6-14-12(16)15-10-11-4-3-5-13-9-11/h3-6,8-9H,2,7,10H2,1H3,(H,14,15). The predicted octanol–water partition coefficient (Wildman–Crippen LogP) is 2.30. The summed E-state index contributed by atoms with van der Waals surface area (Å²) in [6, 6.07) is 3.99. The van der Waals surface area contributed by atoms with E-state index in [2.05, 4.69) is 26.8 Å². The van der Waals surface area contributed by atoms with Crippen LogP contribution in [0.5, 0.6) is 0 Å². The average Bonchev–Trinajstić information content (AvgIpc) is 2.76. The van der Waals surface area contributed by atoms with Crippen LogP contribution >= 0.6 is 0 Å². The third-order valence-corrected chi connectivity index (χ3v) is 2.35. The number of aryl methyl sites for hydroxylation is 1. The number of anilines is 1. The van der Waals surface area contributed by atoms with Crippen LogP contribution in [-0.4, -0.2) is 14.5 Å². The van der Waals surface area contributed by atoms with Gasteiger partial charge in [0.25, 0.3) is 0 Å². The van der Waals surface area contributed by atoms with E-state index in [1.54, 1.807) is 6.20 Å². The molecule has 0 aromatic carbocycles.